The molecular weight excluding hydrogens is 438 g/mol. The van der Waals surface area contributed by atoms with Crippen LogP contribution in [0.4, 0.5) is 0 Å². The van der Waals surface area contributed by atoms with Crippen molar-refractivity contribution in [1.82, 2.24) is 15.1 Å². The van der Waals surface area contributed by atoms with Crippen LogP contribution in [-0.4, -0.2) is 34.8 Å². The highest BCUT2D eigenvalue weighted by Crippen LogP contribution is 2.20. The van der Waals surface area contributed by atoms with Crippen LogP contribution in [0.1, 0.15) is 34.5 Å². The van der Waals surface area contributed by atoms with Gasteiger partial charge in [-0.3, -0.25) is 9.48 Å². The Kier molecular flexibility index (Phi) is 8.84. The number of hydrogen-bond donors (Lipinski definition) is 1. The Morgan fingerprint density at radius 3 is 2.58 bits per heavy atom. The number of nitrogens with zero attached hydrogens (tertiary/aromatic N) is 2. The van der Waals surface area contributed by atoms with E-state index in [0.717, 1.165) is 35.4 Å². The first-order valence-corrected chi connectivity index (χ1v) is 11.2. The number of aromatic nitrogens is 2. The lowest BCUT2D eigenvalue weighted by Gasteiger charge is -2.07. The van der Waals surface area contributed by atoms with Crippen molar-refractivity contribution in [1.29, 1.82) is 0 Å². The third-order valence-corrected chi connectivity index (χ3v) is 5.62. The standard InChI is InChI=1S/C26H28ClN3O3/c1-19-23(20(2)30(29-19)17-22-12-6-7-13-24(22)27)14-15-26(32)33-18-25(31)28-16-8-11-21-9-4-3-5-10-21/h3-7,9-10,12-15H,8,11,16-18H2,1-2H3,(H,28,31)/b15-14+. The van der Waals surface area contributed by atoms with E-state index in [1.54, 1.807) is 6.08 Å². The van der Waals surface area contributed by atoms with Gasteiger partial charge in [-0.1, -0.05) is 60.1 Å². The van der Waals surface area contributed by atoms with Crippen molar-refractivity contribution >= 4 is 29.6 Å². The minimum Gasteiger partial charge on any atom is -0.452 e. The predicted octanol–water partition coefficient (Wildman–Crippen LogP) is 4.51. The second-order valence-corrected chi connectivity index (χ2v) is 8.12. The number of rotatable bonds is 10. The zero-order valence-electron chi connectivity index (χ0n) is 18.9. The van der Waals surface area contributed by atoms with Gasteiger partial charge in [-0.15, -0.1) is 0 Å². The van der Waals surface area contributed by atoms with E-state index in [1.807, 2.05) is 61.0 Å². The lowest BCUT2D eigenvalue weighted by Crippen LogP contribution is -2.29. The van der Waals surface area contributed by atoms with E-state index >= 15 is 0 Å². The van der Waals surface area contributed by atoms with E-state index in [0.29, 0.717) is 18.1 Å². The number of carbonyl (C=O) groups is 2. The highest BCUT2D eigenvalue weighted by molar-refractivity contribution is 6.31. The van der Waals surface area contributed by atoms with Crippen molar-refractivity contribution in [2.24, 2.45) is 0 Å². The maximum atomic E-state index is 12.1. The van der Waals surface area contributed by atoms with Crippen molar-refractivity contribution in [2.75, 3.05) is 13.2 Å². The molecule has 3 aromatic rings. The van der Waals surface area contributed by atoms with E-state index in [4.69, 9.17) is 16.3 Å². The summed E-state index contributed by atoms with van der Waals surface area (Å²) >= 11 is 6.26. The number of halogens is 1. The van der Waals surface area contributed by atoms with Crippen LogP contribution in [0, 0.1) is 13.8 Å². The number of esters is 1. The second-order valence-electron chi connectivity index (χ2n) is 7.71. The highest BCUT2D eigenvalue weighted by Gasteiger charge is 2.12. The van der Waals surface area contributed by atoms with Gasteiger partial charge in [0.05, 0.1) is 12.2 Å². The lowest BCUT2D eigenvalue weighted by molar-refractivity contribution is -0.143. The molecule has 0 unspecified atom stereocenters. The van der Waals surface area contributed by atoms with Gasteiger partial charge in [0.25, 0.3) is 5.91 Å². The smallest absolute Gasteiger partial charge is 0.331 e. The molecule has 1 N–H and O–H groups in total. The average molecular weight is 466 g/mol. The maximum Gasteiger partial charge on any atom is 0.331 e. The molecule has 1 aromatic heterocycles. The van der Waals surface area contributed by atoms with Crippen LogP contribution in [0.3, 0.4) is 0 Å². The third-order valence-electron chi connectivity index (χ3n) is 5.25. The fourth-order valence-corrected chi connectivity index (χ4v) is 3.64. The molecule has 1 heterocycles. The number of ether oxygens (including phenoxy) is 1. The van der Waals surface area contributed by atoms with Gasteiger partial charge in [0.15, 0.2) is 6.61 Å². The number of amides is 1. The lowest BCUT2D eigenvalue weighted by atomic mass is 10.1. The van der Waals surface area contributed by atoms with Gasteiger partial charge in [0, 0.05) is 28.9 Å². The monoisotopic (exact) mass is 465 g/mol. The fourth-order valence-electron chi connectivity index (χ4n) is 3.45. The summed E-state index contributed by atoms with van der Waals surface area (Å²) in [5, 5.41) is 8.00. The summed E-state index contributed by atoms with van der Waals surface area (Å²) in [6.07, 6.45) is 4.69. The van der Waals surface area contributed by atoms with Gasteiger partial charge in [0.2, 0.25) is 0 Å². The topological polar surface area (TPSA) is 73.2 Å². The first-order valence-electron chi connectivity index (χ1n) is 10.9. The first-order chi connectivity index (χ1) is 15.9. The number of aryl methyl sites for hydroxylation is 2. The Hall–Kier alpha value is -3.38. The minimum atomic E-state index is -0.577. The van der Waals surface area contributed by atoms with Crippen molar-refractivity contribution < 1.29 is 14.3 Å². The van der Waals surface area contributed by atoms with Crippen molar-refractivity contribution in [3.63, 3.8) is 0 Å². The molecule has 7 heteroatoms. The number of carbonyl (C=O) groups excluding carboxylic acids is 2. The van der Waals surface area contributed by atoms with Gasteiger partial charge >= 0.3 is 5.97 Å². The van der Waals surface area contributed by atoms with Gasteiger partial charge in [-0.05, 0) is 50.0 Å². The Bertz CT molecular complexity index is 1120. The summed E-state index contributed by atoms with van der Waals surface area (Å²) in [6.45, 7) is 4.58. The molecule has 0 aliphatic carbocycles. The van der Waals surface area contributed by atoms with E-state index in [9.17, 15) is 9.59 Å². The molecule has 0 bridgehead atoms. The molecule has 1 amide bonds. The molecule has 6 nitrogen and oxygen atoms in total. The molecule has 3 rings (SSSR count). The first kappa shape index (κ1) is 24.3. The summed E-state index contributed by atoms with van der Waals surface area (Å²) < 4.78 is 6.91. The van der Waals surface area contributed by atoms with Crippen LogP contribution in [0.25, 0.3) is 6.08 Å². The molecule has 0 aliphatic rings. The molecule has 0 atom stereocenters. The summed E-state index contributed by atoms with van der Waals surface area (Å²) in [5.41, 5.74) is 4.73. The van der Waals surface area contributed by atoms with E-state index in [-0.39, 0.29) is 12.5 Å². The molecule has 0 aliphatic heterocycles. The summed E-state index contributed by atoms with van der Waals surface area (Å²) in [6, 6.07) is 17.7. The summed E-state index contributed by atoms with van der Waals surface area (Å²) in [4.78, 5) is 24.0. The third kappa shape index (κ3) is 7.32. The molecule has 0 saturated carbocycles. The zero-order chi connectivity index (χ0) is 23.6. The number of benzene rings is 2. The van der Waals surface area contributed by atoms with Gasteiger partial charge in [0.1, 0.15) is 0 Å². The molecule has 0 radical (unpaired) electrons. The molecule has 0 spiro atoms. The van der Waals surface area contributed by atoms with E-state index in [2.05, 4.69) is 22.5 Å². The average Bonchev–Trinajstić information content (AvgIpc) is 3.08. The molecule has 172 valence electrons. The maximum absolute atomic E-state index is 12.1. The van der Waals surface area contributed by atoms with E-state index < -0.39 is 5.97 Å². The molecule has 0 saturated heterocycles. The fraction of sp³-hybridized carbons (Fsp3) is 0.269. The Balaban J connectivity index is 1.45. The van der Waals surface area contributed by atoms with Crippen LogP contribution in [0.5, 0.6) is 0 Å². The second kappa shape index (κ2) is 12.0. The zero-order valence-corrected chi connectivity index (χ0v) is 19.6. The van der Waals surface area contributed by atoms with Crippen molar-refractivity contribution in [3.05, 3.63) is 93.8 Å². The van der Waals surface area contributed by atoms with Crippen LogP contribution < -0.4 is 5.32 Å². The van der Waals surface area contributed by atoms with Crippen molar-refractivity contribution in [2.45, 2.75) is 33.2 Å². The van der Waals surface area contributed by atoms with E-state index in [1.165, 1.54) is 11.6 Å². The van der Waals surface area contributed by atoms with Crippen LogP contribution in [-0.2, 0) is 27.3 Å². The molecule has 33 heavy (non-hydrogen) atoms. The number of nitrogens with one attached hydrogen (secondary N) is 1. The summed E-state index contributed by atoms with van der Waals surface area (Å²) in [7, 11) is 0. The van der Waals surface area contributed by atoms with Gasteiger partial charge in [-0.25, -0.2) is 4.79 Å². The Morgan fingerprint density at radius 1 is 1.09 bits per heavy atom. The number of hydrogen-bond acceptors (Lipinski definition) is 4. The summed E-state index contributed by atoms with van der Waals surface area (Å²) in [5.74, 6) is -0.892. The van der Waals surface area contributed by atoms with Crippen LogP contribution in [0.15, 0.2) is 60.7 Å². The largest absolute Gasteiger partial charge is 0.452 e. The molecule has 2 aromatic carbocycles. The molecule has 0 fully saturated rings. The quantitative estimate of drug-likeness (QED) is 0.271. The minimum absolute atomic E-state index is 0.307. The normalized spacial score (nSPS) is 11.0. The van der Waals surface area contributed by atoms with Crippen LogP contribution >= 0.6 is 11.6 Å². The predicted molar refractivity (Wildman–Crippen MR) is 130 cm³/mol. The van der Waals surface area contributed by atoms with Crippen LogP contribution in [0.2, 0.25) is 5.02 Å². The highest BCUT2D eigenvalue weighted by atomic mass is 35.5. The SMILES string of the molecule is Cc1nn(Cc2ccccc2Cl)c(C)c1/C=C/C(=O)OCC(=O)NCCCc1ccccc1. The van der Waals surface area contributed by atoms with Gasteiger partial charge < -0.3 is 10.1 Å². The molecular formula is C26H28ClN3O3. The van der Waals surface area contributed by atoms with Crippen molar-refractivity contribution in [3.8, 4) is 0 Å². The Morgan fingerprint density at radius 2 is 1.82 bits per heavy atom. The Labute approximate surface area is 199 Å². The van der Waals surface area contributed by atoms with Gasteiger partial charge in [-0.2, -0.15) is 5.10 Å².